The van der Waals surface area contributed by atoms with E-state index in [9.17, 15) is 14.4 Å². The number of hydrogen-bond acceptors (Lipinski definition) is 4. The van der Waals surface area contributed by atoms with Crippen molar-refractivity contribution < 1.29 is 19.5 Å². The van der Waals surface area contributed by atoms with E-state index in [0.717, 1.165) is 0 Å². The normalized spacial score (nSPS) is 11.6. The maximum atomic E-state index is 11.9. The Kier molecular flexibility index (Phi) is 4.99. The topological polar surface area (TPSA) is 122 Å². The fraction of sp³-hybridized carbons (Fsp3) is 0.333. The number of aromatic nitrogens is 1. The van der Waals surface area contributed by atoms with Crippen LogP contribution in [0.4, 0.5) is 0 Å². The van der Waals surface area contributed by atoms with E-state index in [1.165, 1.54) is 6.20 Å². The Bertz CT molecular complexity index is 502. The Hall–Kier alpha value is -2.44. The molecule has 0 saturated carbocycles. The van der Waals surface area contributed by atoms with Crippen LogP contribution in [0.2, 0.25) is 0 Å². The van der Waals surface area contributed by atoms with Crippen molar-refractivity contribution in [2.75, 3.05) is 0 Å². The number of rotatable bonds is 6. The van der Waals surface area contributed by atoms with Crippen LogP contribution in [-0.4, -0.2) is 33.9 Å². The van der Waals surface area contributed by atoms with Crippen LogP contribution >= 0.6 is 0 Å². The quantitative estimate of drug-likeness (QED) is 0.659. The third kappa shape index (κ3) is 4.38. The van der Waals surface area contributed by atoms with Gasteiger partial charge in [-0.3, -0.25) is 14.6 Å². The van der Waals surface area contributed by atoms with Gasteiger partial charge in [0.25, 0.3) is 5.91 Å². The summed E-state index contributed by atoms with van der Waals surface area (Å²) in [6.07, 6.45) is 1.38. The average molecular weight is 265 g/mol. The van der Waals surface area contributed by atoms with Crippen molar-refractivity contribution in [3.05, 3.63) is 29.6 Å². The van der Waals surface area contributed by atoms with Gasteiger partial charge in [-0.05, 0) is 25.5 Å². The van der Waals surface area contributed by atoms with Crippen molar-refractivity contribution in [3.8, 4) is 0 Å². The van der Waals surface area contributed by atoms with Gasteiger partial charge in [0.05, 0.1) is 5.56 Å². The molecule has 0 aliphatic carbocycles. The Balaban J connectivity index is 2.74. The molecule has 1 rings (SSSR count). The number of nitrogens with zero attached hydrogens (tertiary/aromatic N) is 1. The molecule has 1 heterocycles. The Labute approximate surface area is 109 Å². The summed E-state index contributed by atoms with van der Waals surface area (Å²) in [4.78, 5) is 37.5. The summed E-state index contributed by atoms with van der Waals surface area (Å²) in [5.74, 6) is -2.36. The first-order chi connectivity index (χ1) is 8.91. The fourth-order valence-corrected chi connectivity index (χ4v) is 1.50. The molecule has 4 N–H and O–H groups in total. The van der Waals surface area contributed by atoms with Crippen LogP contribution in [0.5, 0.6) is 0 Å². The molecule has 0 spiro atoms. The van der Waals surface area contributed by atoms with Gasteiger partial charge in [0.15, 0.2) is 0 Å². The molecule has 0 bridgehead atoms. The van der Waals surface area contributed by atoms with E-state index in [1.54, 1.807) is 19.1 Å². The number of carbonyl (C=O) groups is 3. The molecule has 7 nitrogen and oxygen atoms in total. The fourth-order valence-electron chi connectivity index (χ4n) is 1.50. The van der Waals surface area contributed by atoms with E-state index >= 15 is 0 Å². The SMILES string of the molecule is Cc1ncccc1C(=O)N[C@@H](CCC(N)=O)C(=O)O. The predicted molar refractivity (Wildman–Crippen MR) is 66.3 cm³/mol. The molecular formula is C12H15N3O4. The van der Waals surface area contributed by atoms with Crippen LogP contribution in [0.25, 0.3) is 0 Å². The van der Waals surface area contributed by atoms with Gasteiger partial charge in [-0.15, -0.1) is 0 Å². The zero-order valence-electron chi connectivity index (χ0n) is 10.4. The molecule has 0 aromatic carbocycles. The van der Waals surface area contributed by atoms with Crippen molar-refractivity contribution in [3.63, 3.8) is 0 Å². The standard InChI is InChI=1S/C12H15N3O4/c1-7-8(3-2-6-14-7)11(17)15-9(12(18)19)4-5-10(13)16/h2-3,6,9H,4-5H2,1H3,(H2,13,16)(H,15,17)(H,18,19)/t9-/m0/s1. The Morgan fingerprint density at radius 2 is 2.16 bits per heavy atom. The highest BCUT2D eigenvalue weighted by atomic mass is 16.4. The van der Waals surface area contributed by atoms with E-state index < -0.39 is 23.8 Å². The molecule has 1 atom stereocenters. The summed E-state index contributed by atoms with van der Waals surface area (Å²) < 4.78 is 0. The number of nitrogens with two attached hydrogens (primary N) is 1. The maximum absolute atomic E-state index is 11.9. The molecule has 2 amide bonds. The van der Waals surface area contributed by atoms with Crippen LogP contribution < -0.4 is 11.1 Å². The van der Waals surface area contributed by atoms with Crippen molar-refractivity contribution in [1.29, 1.82) is 0 Å². The van der Waals surface area contributed by atoms with E-state index in [-0.39, 0.29) is 12.8 Å². The minimum absolute atomic E-state index is 0.0459. The molecule has 0 saturated heterocycles. The zero-order chi connectivity index (χ0) is 14.4. The van der Waals surface area contributed by atoms with E-state index in [1.807, 2.05) is 0 Å². The van der Waals surface area contributed by atoms with Crippen LogP contribution in [0.15, 0.2) is 18.3 Å². The highest BCUT2D eigenvalue weighted by molar-refractivity contribution is 5.97. The second-order valence-corrected chi connectivity index (χ2v) is 4.01. The lowest BCUT2D eigenvalue weighted by molar-refractivity contribution is -0.139. The van der Waals surface area contributed by atoms with Crippen LogP contribution in [0, 0.1) is 6.92 Å². The van der Waals surface area contributed by atoms with E-state index in [4.69, 9.17) is 10.8 Å². The summed E-state index contributed by atoms with van der Waals surface area (Å²) in [5.41, 5.74) is 5.75. The van der Waals surface area contributed by atoms with E-state index in [2.05, 4.69) is 10.3 Å². The first-order valence-electron chi connectivity index (χ1n) is 5.65. The number of aliphatic carboxylic acids is 1. The molecule has 19 heavy (non-hydrogen) atoms. The van der Waals surface area contributed by atoms with Gasteiger partial charge in [-0.25, -0.2) is 4.79 Å². The van der Waals surface area contributed by atoms with Gasteiger partial charge in [-0.2, -0.15) is 0 Å². The molecular weight excluding hydrogens is 250 g/mol. The maximum Gasteiger partial charge on any atom is 0.326 e. The molecule has 0 fully saturated rings. The molecule has 0 aliphatic rings. The lowest BCUT2D eigenvalue weighted by atomic mass is 10.1. The molecule has 102 valence electrons. The average Bonchev–Trinajstić information content (AvgIpc) is 2.34. The zero-order valence-corrected chi connectivity index (χ0v) is 10.4. The lowest BCUT2D eigenvalue weighted by Gasteiger charge is -2.14. The van der Waals surface area contributed by atoms with Gasteiger partial charge >= 0.3 is 5.97 Å². The van der Waals surface area contributed by atoms with Crippen LogP contribution in [0.1, 0.15) is 28.9 Å². The summed E-state index contributed by atoms with van der Waals surface area (Å²) in [7, 11) is 0. The van der Waals surface area contributed by atoms with Gasteiger partial charge in [0.2, 0.25) is 5.91 Å². The molecule has 0 radical (unpaired) electrons. The molecule has 0 unspecified atom stereocenters. The molecule has 1 aromatic rings. The van der Waals surface area contributed by atoms with E-state index in [0.29, 0.717) is 11.3 Å². The van der Waals surface area contributed by atoms with Gasteiger partial charge in [0, 0.05) is 18.3 Å². The van der Waals surface area contributed by atoms with Crippen LogP contribution in [0.3, 0.4) is 0 Å². The number of carboxylic acids is 1. The van der Waals surface area contributed by atoms with Gasteiger partial charge < -0.3 is 16.2 Å². The van der Waals surface area contributed by atoms with Gasteiger partial charge in [0.1, 0.15) is 6.04 Å². The predicted octanol–water partition coefficient (Wildman–Crippen LogP) is -0.161. The summed E-state index contributed by atoms with van der Waals surface area (Å²) in [6.45, 7) is 1.65. The molecule has 1 aromatic heterocycles. The number of pyridine rings is 1. The summed E-state index contributed by atoms with van der Waals surface area (Å²) in [6, 6.07) is 1.98. The minimum Gasteiger partial charge on any atom is -0.480 e. The third-order valence-electron chi connectivity index (χ3n) is 2.53. The van der Waals surface area contributed by atoms with Crippen molar-refractivity contribution in [1.82, 2.24) is 10.3 Å². The second-order valence-electron chi connectivity index (χ2n) is 4.01. The number of aryl methyl sites for hydroxylation is 1. The number of hydrogen-bond donors (Lipinski definition) is 3. The number of carbonyl (C=O) groups excluding carboxylic acids is 2. The number of primary amides is 1. The number of nitrogens with one attached hydrogen (secondary N) is 1. The van der Waals surface area contributed by atoms with Crippen LogP contribution in [-0.2, 0) is 9.59 Å². The first-order valence-corrected chi connectivity index (χ1v) is 5.65. The summed E-state index contributed by atoms with van der Waals surface area (Å²) in [5, 5.41) is 11.3. The summed E-state index contributed by atoms with van der Waals surface area (Å²) >= 11 is 0. The largest absolute Gasteiger partial charge is 0.480 e. The number of carboxylic acid groups (broad SMARTS) is 1. The Morgan fingerprint density at radius 3 is 2.68 bits per heavy atom. The third-order valence-corrected chi connectivity index (χ3v) is 2.53. The van der Waals surface area contributed by atoms with Gasteiger partial charge in [-0.1, -0.05) is 0 Å². The highest BCUT2D eigenvalue weighted by Crippen LogP contribution is 2.05. The highest BCUT2D eigenvalue weighted by Gasteiger charge is 2.21. The smallest absolute Gasteiger partial charge is 0.326 e. The van der Waals surface area contributed by atoms with Crippen molar-refractivity contribution in [2.45, 2.75) is 25.8 Å². The van der Waals surface area contributed by atoms with Crippen molar-refractivity contribution >= 4 is 17.8 Å². The minimum atomic E-state index is -1.21. The lowest BCUT2D eigenvalue weighted by Crippen LogP contribution is -2.41. The Morgan fingerprint density at radius 1 is 1.47 bits per heavy atom. The second kappa shape index (κ2) is 6.48. The van der Waals surface area contributed by atoms with Crippen molar-refractivity contribution in [2.24, 2.45) is 5.73 Å². The monoisotopic (exact) mass is 265 g/mol. The molecule has 0 aliphatic heterocycles. The first kappa shape index (κ1) is 14.6. The molecule has 7 heteroatoms. The number of amides is 2.